The molecule has 2 aromatic heterocycles. The molecule has 4 rings (SSSR count). The number of esters is 2. The first kappa shape index (κ1) is 24.4. The van der Waals surface area contributed by atoms with Crippen LogP contribution in [0.1, 0.15) is 52.0 Å². The normalized spacial score (nSPS) is 17.3. The van der Waals surface area contributed by atoms with E-state index in [2.05, 4.69) is 20.9 Å². The van der Waals surface area contributed by atoms with Gasteiger partial charge in [0.15, 0.2) is 5.11 Å². The van der Waals surface area contributed by atoms with Crippen LogP contribution < -0.4 is 5.32 Å². The molecule has 0 saturated carbocycles. The van der Waals surface area contributed by atoms with Gasteiger partial charge in [-0.05, 0) is 81.0 Å². The summed E-state index contributed by atoms with van der Waals surface area (Å²) >= 11 is 5.65. The van der Waals surface area contributed by atoms with Crippen LogP contribution in [-0.2, 0) is 14.3 Å². The van der Waals surface area contributed by atoms with Gasteiger partial charge in [-0.3, -0.25) is 9.78 Å². The minimum atomic E-state index is -0.378. The van der Waals surface area contributed by atoms with Crippen molar-refractivity contribution in [2.75, 3.05) is 20.3 Å². The first-order valence-corrected chi connectivity index (χ1v) is 11.8. The Labute approximate surface area is 209 Å². The average molecular weight is 493 g/mol. The number of thiocarbonyl (C=S) groups is 1. The highest BCUT2D eigenvalue weighted by atomic mass is 32.1. The van der Waals surface area contributed by atoms with Crippen LogP contribution in [0.4, 0.5) is 0 Å². The molecule has 1 aromatic carbocycles. The number of ether oxygens (including phenoxy) is 2. The monoisotopic (exact) mass is 492 g/mol. The van der Waals surface area contributed by atoms with Crippen molar-refractivity contribution in [2.45, 2.75) is 32.9 Å². The van der Waals surface area contributed by atoms with Crippen LogP contribution in [0.15, 0.2) is 54.7 Å². The largest absolute Gasteiger partial charge is 0.465 e. The molecule has 1 saturated heterocycles. The van der Waals surface area contributed by atoms with Crippen LogP contribution in [0.2, 0.25) is 0 Å². The summed E-state index contributed by atoms with van der Waals surface area (Å²) in [7, 11) is 1.36. The summed E-state index contributed by atoms with van der Waals surface area (Å²) < 4.78 is 12.2. The van der Waals surface area contributed by atoms with E-state index in [9.17, 15) is 9.59 Å². The molecule has 0 bridgehead atoms. The van der Waals surface area contributed by atoms with Crippen LogP contribution >= 0.6 is 12.2 Å². The quantitative estimate of drug-likeness (QED) is 0.394. The number of hydrogen-bond donors (Lipinski definition) is 1. The Morgan fingerprint density at radius 3 is 2.51 bits per heavy atom. The van der Waals surface area contributed by atoms with E-state index < -0.39 is 0 Å². The SMILES string of the molecule is CCOC(=O)CN1C(=S)N[C@@H](c2ccccn2)[C@@H]1c1cc(C)n(-c2ccc(C(=O)OC)cc2)c1C. The zero-order chi connectivity index (χ0) is 25.1. The predicted octanol–water partition coefficient (Wildman–Crippen LogP) is 3.81. The molecule has 35 heavy (non-hydrogen) atoms. The number of benzene rings is 1. The summed E-state index contributed by atoms with van der Waals surface area (Å²) in [6.45, 7) is 6.18. The van der Waals surface area contributed by atoms with Gasteiger partial charge in [0.25, 0.3) is 0 Å². The summed E-state index contributed by atoms with van der Waals surface area (Å²) in [6, 6.07) is 14.6. The van der Waals surface area contributed by atoms with Crippen LogP contribution in [0.5, 0.6) is 0 Å². The van der Waals surface area contributed by atoms with Crippen LogP contribution in [0, 0.1) is 13.8 Å². The summed E-state index contributed by atoms with van der Waals surface area (Å²) in [5.41, 5.74) is 5.26. The second kappa shape index (κ2) is 10.3. The van der Waals surface area contributed by atoms with Crippen molar-refractivity contribution in [1.82, 2.24) is 19.8 Å². The number of carbonyl (C=O) groups is 2. The van der Waals surface area contributed by atoms with Gasteiger partial charge in [0.05, 0.1) is 37.1 Å². The van der Waals surface area contributed by atoms with E-state index >= 15 is 0 Å². The van der Waals surface area contributed by atoms with Crippen molar-refractivity contribution < 1.29 is 19.1 Å². The molecule has 182 valence electrons. The lowest BCUT2D eigenvalue weighted by Gasteiger charge is -2.27. The number of nitrogens with one attached hydrogen (secondary N) is 1. The molecule has 0 aliphatic carbocycles. The number of pyridine rings is 1. The Bertz CT molecular complexity index is 1240. The van der Waals surface area contributed by atoms with Crippen LogP contribution in [0.3, 0.4) is 0 Å². The maximum absolute atomic E-state index is 12.4. The highest BCUT2D eigenvalue weighted by Gasteiger charge is 2.42. The van der Waals surface area contributed by atoms with E-state index in [1.54, 1.807) is 25.3 Å². The molecule has 3 heterocycles. The standard InChI is InChI=1S/C26H28N4O4S/c1-5-34-22(31)15-29-24(23(28-26(29)35)21-8-6-7-13-27-21)20-14-16(2)30(17(20)3)19-11-9-18(10-12-19)25(32)33-4/h6-14,23-24H,5,15H2,1-4H3,(H,28,35)/t23-,24-/m0/s1. The summed E-state index contributed by atoms with van der Waals surface area (Å²) in [4.78, 5) is 30.7. The second-order valence-electron chi connectivity index (χ2n) is 8.26. The van der Waals surface area contributed by atoms with Gasteiger partial charge in [-0.1, -0.05) is 6.07 Å². The Kier molecular flexibility index (Phi) is 7.16. The first-order valence-electron chi connectivity index (χ1n) is 11.4. The lowest BCUT2D eigenvalue weighted by molar-refractivity contribution is -0.143. The number of aryl methyl sites for hydroxylation is 1. The molecular formula is C26H28N4O4S. The Hall–Kier alpha value is -3.72. The number of aromatic nitrogens is 2. The maximum atomic E-state index is 12.4. The molecule has 1 N–H and O–H groups in total. The van der Waals surface area contributed by atoms with Gasteiger partial charge in [-0.2, -0.15) is 0 Å². The Morgan fingerprint density at radius 2 is 1.89 bits per heavy atom. The van der Waals surface area contributed by atoms with E-state index in [1.165, 1.54) is 7.11 Å². The molecule has 1 aliphatic heterocycles. The van der Waals surface area contributed by atoms with Crippen molar-refractivity contribution in [3.63, 3.8) is 0 Å². The molecule has 8 nitrogen and oxygen atoms in total. The zero-order valence-electron chi connectivity index (χ0n) is 20.1. The van der Waals surface area contributed by atoms with Gasteiger partial charge in [-0.25, -0.2) is 4.79 Å². The van der Waals surface area contributed by atoms with E-state index in [-0.39, 0.29) is 30.6 Å². The van der Waals surface area contributed by atoms with Gasteiger partial charge in [-0.15, -0.1) is 0 Å². The number of rotatable bonds is 7. The molecule has 0 amide bonds. The molecule has 3 aromatic rings. The van der Waals surface area contributed by atoms with Gasteiger partial charge in [0.1, 0.15) is 6.54 Å². The second-order valence-corrected chi connectivity index (χ2v) is 8.65. The number of carbonyl (C=O) groups excluding carboxylic acids is 2. The molecule has 1 aliphatic rings. The van der Waals surface area contributed by atoms with Crippen molar-refractivity contribution in [1.29, 1.82) is 0 Å². The lowest BCUT2D eigenvalue weighted by atomic mass is 9.97. The third-order valence-corrected chi connectivity index (χ3v) is 6.49. The predicted molar refractivity (Wildman–Crippen MR) is 135 cm³/mol. The fourth-order valence-electron chi connectivity index (χ4n) is 4.61. The Balaban J connectivity index is 1.77. The number of nitrogens with zero attached hydrogens (tertiary/aromatic N) is 3. The van der Waals surface area contributed by atoms with Crippen LogP contribution in [0.25, 0.3) is 5.69 Å². The third-order valence-electron chi connectivity index (χ3n) is 6.14. The molecular weight excluding hydrogens is 464 g/mol. The molecule has 0 radical (unpaired) electrons. The van der Waals surface area contributed by atoms with Crippen molar-refractivity contribution >= 4 is 29.3 Å². The lowest BCUT2D eigenvalue weighted by Crippen LogP contribution is -2.35. The summed E-state index contributed by atoms with van der Waals surface area (Å²) in [5, 5.41) is 3.84. The minimum Gasteiger partial charge on any atom is -0.465 e. The van der Waals surface area contributed by atoms with Crippen LogP contribution in [-0.4, -0.2) is 51.8 Å². The minimum absolute atomic E-state index is 0.0329. The van der Waals surface area contributed by atoms with E-state index in [0.29, 0.717) is 17.3 Å². The smallest absolute Gasteiger partial charge is 0.337 e. The van der Waals surface area contributed by atoms with E-state index in [4.69, 9.17) is 21.7 Å². The molecule has 1 fully saturated rings. The van der Waals surface area contributed by atoms with Gasteiger partial charge >= 0.3 is 11.9 Å². The highest BCUT2D eigenvalue weighted by Crippen LogP contribution is 2.41. The summed E-state index contributed by atoms with van der Waals surface area (Å²) in [5.74, 6) is -0.716. The Morgan fingerprint density at radius 1 is 1.14 bits per heavy atom. The van der Waals surface area contributed by atoms with Crippen molar-refractivity contribution in [3.05, 3.63) is 82.9 Å². The molecule has 0 spiro atoms. The topological polar surface area (TPSA) is 85.7 Å². The fourth-order valence-corrected chi connectivity index (χ4v) is 4.91. The first-order chi connectivity index (χ1) is 16.8. The number of methoxy groups -OCH3 is 1. The molecule has 2 atom stereocenters. The fraction of sp³-hybridized carbons (Fsp3) is 0.308. The molecule has 9 heteroatoms. The van der Waals surface area contributed by atoms with Gasteiger partial charge in [0, 0.05) is 23.3 Å². The highest BCUT2D eigenvalue weighted by molar-refractivity contribution is 7.80. The van der Waals surface area contributed by atoms with E-state index in [0.717, 1.165) is 28.3 Å². The van der Waals surface area contributed by atoms with Gasteiger partial charge in [0.2, 0.25) is 0 Å². The van der Waals surface area contributed by atoms with Crippen molar-refractivity contribution in [2.24, 2.45) is 0 Å². The average Bonchev–Trinajstić information content (AvgIpc) is 3.34. The molecule has 0 unspecified atom stereocenters. The summed E-state index contributed by atoms with van der Waals surface area (Å²) in [6.07, 6.45) is 1.75. The van der Waals surface area contributed by atoms with Gasteiger partial charge < -0.3 is 24.3 Å². The third kappa shape index (κ3) is 4.77. The van der Waals surface area contributed by atoms with Crippen molar-refractivity contribution in [3.8, 4) is 5.69 Å². The maximum Gasteiger partial charge on any atom is 0.337 e. The zero-order valence-corrected chi connectivity index (χ0v) is 21.0. The number of hydrogen-bond acceptors (Lipinski definition) is 6. The van der Waals surface area contributed by atoms with E-state index in [1.807, 2.05) is 49.1 Å².